The molecule has 0 fully saturated rings. The molecule has 0 saturated carbocycles. The molecule has 0 aromatic heterocycles. The fourth-order valence-corrected chi connectivity index (χ4v) is 1.79. The van der Waals surface area contributed by atoms with Gasteiger partial charge in [-0.1, -0.05) is 50.4 Å². The van der Waals surface area contributed by atoms with Gasteiger partial charge in [-0.15, -0.1) is 0 Å². The molecule has 0 aliphatic rings. The number of allylic oxidation sites excluding steroid dienone is 1. The molecule has 4 heteroatoms. The largest absolute Gasteiger partial charge is 0.481 e. The summed E-state index contributed by atoms with van der Waals surface area (Å²) in [7, 11) is 0. The third-order valence-corrected chi connectivity index (χ3v) is 2.85. The van der Waals surface area contributed by atoms with Crippen LogP contribution in [0.4, 0.5) is 0 Å². The van der Waals surface area contributed by atoms with E-state index in [1.54, 1.807) is 0 Å². The summed E-state index contributed by atoms with van der Waals surface area (Å²) in [6.07, 6.45) is 12.2. The van der Waals surface area contributed by atoms with E-state index in [4.69, 9.17) is 10.2 Å². The minimum Gasteiger partial charge on any atom is -0.481 e. The van der Waals surface area contributed by atoms with Crippen LogP contribution < -0.4 is 0 Å². The first-order valence-corrected chi connectivity index (χ1v) is 7.22. The predicted octanol–water partition coefficient (Wildman–Crippen LogP) is 3.62. The Morgan fingerprint density at radius 1 is 0.850 bits per heavy atom. The Morgan fingerprint density at radius 3 is 1.95 bits per heavy atom. The maximum Gasteiger partial charge on any atom is 0.328 e. The number of carbonyl (C=O) groups is 2. The van der Waals surface area contributed by atoms with Crippen molar-refractivity contribution in [2.75, 3.05) is 0 Å². The molecule has 0 aliphatic heterocycles. The molecule has 0 unspecified atom stereocenters. The number of carboxylic acid groups (broad SMARTS) is 2. The highest BCUT2D eigenvalue weighted by Crippen LogP contribution is 2.10. The van der Waals surface area contributed by atoms with Crippen molar-refractivity contribution < 1.29 is 19.8 Å². The number of rotatable bonds is 11. The first-order chi connectivity index (χ1) is 9.63. The van der Waals surface area contributed by atoms with E-state index in [1.807, 2.05) is 0 Å². The monoisotopic (exact) mass is 280 g/mol. The van der Waals surface area contributed by atoms with Crippen molar-refractivity contribution in [2.45, 2.75) is 64.2 Å². The SMILES string of the molecule is O=C(O)/C=C/C#CCCCCCCCCCCC(=O)O. The Kier molecular flexibility index (Phi) is 12.5. The predicted molar refractivity (Wildman–Crippen MR) is 78.4 cm³/mol. The van der Waals surface area contributed by atoms with Gasteiger partial charge in [0.1, 0.15) is 0 Å². The van der Waals surface area contributed by atoms with Gasteiger partial charge in [0.25, 0.3) is 0 Å². The van der Waals surface area contributed by atoms with Gasteiger partial charge >= 0.3 is 11.9 Å². The average Bonchev–Trinajstić information content (AvgIpc) is 2.38. The van der Waals surface area contributed by atoms with Crippen molar-refractivity contribution in [3.05, 3.63) is 12.2 Å². The van der Waals surface area contributed by atoms with Crippen LogP contribution in [0.25, 0.3) is 0 Å². The van der Waals surface area contributed by atoms with Gasteiger partial charge in [-0.2, -0.15) is 0 Å². The summed E-state index contributed by atoms with van der Waals surface area (Å²) < 4.78 is 0. The molecule has 0 aromatic rings. The second kappa shape index (κ2) is 13.7. The molecule has 4 nitrogen and oxygen atoms in total. The fourth-order valence-electron chi connectivity index (χ4n) is 1.79. The molecule has 0 aliphatic carbocycles. The smallest absolute Gasteiger partial charge is 0.328 e. The first-order valence-electron chi connectivity index (χ1n) is 7.22. The van der Waals surface area contributed by atoms with Crippen LogP contribution in [-0.2, 0) is 9.59 Å². The van der Waals surface area contributed by atoms with E-state index in [1.165, 1.54) is 25.3 Å². The van der Waals surface area contributed by atoms with Crippen LogP contribution in [0, 0.1) is 11.8 Å². The molecule has 0 heterocycles. The second-order valence-electron chi connectivity index (χ2n) is 4.71. The summed E-state index contributed by atoms with van der Waals surface area (Å²) in [6, 6.07) is 0. The third-order valence-electron chi connectivity index (χ3n) is 2.85. The van der Waals surface area contributed by atoms with Crippen LogP contribution in [0.2, 0.25) is 0 Å². The van der Waals surface area contributed by atoms with Gasteiger partial charge in [0.15, 0.2) is 0 Å². The van der Waals surface area contributed by atoms with Crippen LogP contribution in [0.15, 0.2) is 12.2 Å². The fraction of sp³-hybridized carbons (Fsp3) is 0.625. The van der Waals surface area contributed by atoms with Crippen molar-refractivity contribution in [3.63, 3.8) is 0 Å². The van der Waals surface area contributed by atoms with Crippen molar-refractivity contribution in [1.82, 2.24) is 0 Å². The third kappa shape index (κ3) is 16.2. The Morgan fingerprint density at radius 2 is 1.40 bits per heavy atom. The molecule has 0 bridgehead atoms. The van der Waals surface area contributed by atoms with E-state index in [9.17, 15) is 9.59 Å². The number of hydrogen-bond acceptors (Lipinski definition) is 2. The van der Waals surface area contributed by atoms with E-state index >= 15 is 0 Å². The zero-order chi connectivity index (χ0) is 15.1. The lowest BCUT2D eigenvalue weighted by Gasteiger charge is -2.00. The van der Waals surface area contributed by atoms with E-state index in [0.717, 1.165) is 44.6 Å². The summed E-state index contributed by atoms with van der Waals surface area (Å²) in [5.74, 6) is 3.93. The molecule has 20 heavy (non-hydrogen) atoms. The maximum absolute atomic E-state index is 10.3. The highest BCUT2D eigenvalue weighted by molar-refractivity contribution is 5.80. The molecule has 2 N–H and O–H groups in total. The average molecular weight is 280 g/mol. The van der Waals surface area contributed by atoms with Gasteiger partial charge < -0.3 is 10.2 Å². The molecular formula is C16H24O4. The highest BCUT2D eigenvalue weighted by Gasteiger charge is 1.96. The molecule has 0 saturated heterocycles. The van der Waals surface area contributed by atoms with Crippen molar-refractivity contribution in [1.29, 1.82) is 0 Å². The topological polar surface area (TPSA) is 74.6 Å². The van der Waals surface area contributed by atoms with Gasteiger partial charge in [-0.3, -0.25) is 4.79 Å². The van der Waals surface area contributed by atoms with Crippen molar-refractivity contribution in [2.24, 2.45) is 0 Å². The lowest BCUT2D eigenvalue weighted by molar-refractivity contribution is -0.137. The van der Waals surface area contributed by atoms with Gasteiger partial charge in [-0.25, -0.2) is 4.79 Å². The number of aliphatic carboxylic acids is 2. The quantitative estimate of drug-likeness (QED) is 0.344. The molecular weight excluding hydrogens is 256 g/mol. The second-order valence-corrected chi connectivity index (χ2v) is 4.71. The molecule has 0 amide bonds. The molecule has 0 spiro atoms. The maximum atomic E-state index is 10.3. The Bertz CT molecular complexity index is 360. The summed E-state index contributed by atoms with van der Waals surface area (Å²) in [5.41, 5.74) is 0. The molecule has 0 aromatic carbocycles. The molecule has 112 valence electrons. The first kappa shape index (κ1) is 18.2. The lowest BCUT2D eigenvalue weighted by Crippen LogP contribution is -1.93. The van der Waals surface area contributed by atoms with Crippen LogP contribution in [0.3, 0.4) is 0 Å². The van der Waals surface area contributed by atoms with Gasteiger partial charge in [0, 0.05) is 18.9 Å². The van der Waals surface area contributed by atoms with Crippen LogP contribution in [-0.4, -0.2) is 22.2 Å². The lowest BCUT2D eigenvalue weighted by atomic mass is 10.1. The molecule has 0 atom stereocenters. The normalized spacial score (nSPS) is 10.2. The number of carboxylic acids is 2. The van der Waals surface area contributed by atoms with Crippen LogP contribution in [0.5, 0.6) is 0 Å². The summed E-state index contributed by atoms with van der Waals surface area (Å²) in [4.78, 5) is 20.4. The van der Waals surface area contributed by atoms with Gasteiger partial charge in [0.05, 0.1) is 0 Å². The van der Waals surface area contributed by atoms with Crippen molar-refractivity contribution >= 4 is 11.9 Å². The Balaban J connectivity index is 3.21. The van der Waals surface area contributed by atoms with Crippen LogP contribution >= 0.6 is 0 Å². The standard InChI is InChI=1S/C16H24O4/c17-15(18)13-11-9-7-5-3-1-2-4-6-8-10-12-14-16(19)20/h12,14H,1-7,9,11,13H2,(H,17,18)(H,19,20)/b14-12+. The summed E-state index contributed by atoms with van der Waals surface area (Å²) >= 11 is 0. The Hall–Kier alpha value is -1.76. The molecule has 0 rings (SSSR count). The Labute approximate surface area is 120 Å². The highest BCUT2D eigenvalue weighted by atomic mass is 16.4. The number of unbranched alkanes of at least 4 members (excludes halogenated alkanes) is 8. The molecule has 0 radical (unpaired) electrons. The summed E-state index contributed by atoms with van der Waals surface area (Å²) in [5, 5.41) is 16.8. The minimum absolute atomic E-state index is 0.287. The van der Waals surface area contributed by atoms with Crippen molar-refractivity contribution in [3.8, 4) is 11.8 Å². The van der Waals surface area contributed by atoms with Gasteiger partial charge in [-0.05, 0) is 18.9 Å². The minimum atomic E-state index is -0.970. The number of hydrogen-bond donors (Lipinski definition) is 2. The summed E-state index contributed by atoms with van der Waals surface area (Å²) in [6.45, 7) is 0. The van der Waals surface area contributed by atoms with Gasteiger partial charge in [0.2, 0.25) is 0 Å². The zero-order valence-corrected chi connectivity index (χ0v) is 11.9. The van der Waals surface area contributed by atoms with Crippen LogP contribution in [0.1, 0.15) is 64.2 Å². The zero-order valence-electron chi connectivity index (χ0n) is 11.9. The van der Waals surface area contributed by atoms with E-state index in [0.29, 0.717) is 0 Å². The van der Waals surface area contributed by atoms with E-state index in [-0.39, 0.29) is 6.42 Å². The van der Waals surface area contributed by atoms with E-state index in [2.05, 4.69) is 11.8 Å². The van der Waals surface area contributed by atoms with E-state index < -0.39 is 11.9 Å².